The van der Waals surface area contributed by atoms with E-state index < -0.39 is 0 Å². The summed E-state index contributed by atoms with van der Waals surface area (Å²) in [4.78, 5) is 4.33. The molecule has 2 aromatic carbocycles. The van der Waals surface area contributed by atoms with E-state index in [4.69, 9.17) is 0 Å². The number of guanidine groups is 1. The van der Waals surface area contributed by atoms with Gasteiger partial charge in [-0.1, -0.05) is 54.6 Å². The largest absolute Gasteiger partial charge is 0.396 e. The van der Waals surface area contributed by atoms with Crippen LogP contribution in [0.2, 0.25) is 0 Å². The van der Waals surface area contributed by atoms with E-state index in [-0.39, 0.29) is 36.5 Å². The first-order chi connectivity index (χ1) is 12.2. The van der Waals surface area contributed by atoms with Crippen molar-refractivity contribution >= 4 is 29.9 Å². The molecule has 0 aliphatic heterocycles. The zero-order valence-electron chi connectivity index (χ0n) is 15.4. The molecular formula is C21H28IN3O. The fourth-order valence-electron chi connectivity index (χ4n) is 3.30. The Morgan fingerprint density at radius 2 is 1.85 bits per heavy atom. The lowest BCUT2D eigenvalue weighted by atomic mass is 10.0. The third-order valence-corrected chi connectivity index (χ3v) is 4.93. The molecule has 0 radical (unpaired) electrons. The van der Waals surface area contributed by atoms with Crippen LogP contribution in [-0.4, -0.2) is 37.3 Å². The molecule has 0 saturated heterocycles. The van der Waals surface area contributed by atoms with Crippen molar-refractivity contribution in [2.24, 2.45) is 4.99 Å². The van der Waals surface area contributed by atoms with E-state index in [0.717, 1.165) is 17.9 Å². The van der Waals surface area contributed by atoms with Crippen molar-refractivity contribution in [3.63, 3.8) is 0 Å². The van der Waals surface area contributed by atoms with Gasteiger partial charge < -0.3 is 15.7 Å². The van der Waals surface area contributed by atoms with E-state index in [0.29, 0.717) is 18.5 Å². The van der Waals surface area contributed by atoms with Crippen molar-refractivity contribution in [1.82, 2.24) is 10.6 Å². The number of benzene rings is 2. The molecule has 1 aliphatic carbocycles. The van der Waals surface area contributed by atoms with Gasteiger partial charge in [0.05, 0.1) is 6.61 Å². The van der Waals surface area contributed by atoms with E-state index in [9.17, 15) is 5.11 Å². The molecule has 4 nitrogen and oxygen atoms in total. The van der Waals surface area contributed by atoms with Crippen LogP contribution in [0.3, 0.4) is 0 Å². The van der Waals surface area contributed by atoms with Crippen LogP contribution in [-0.2, 0) is 0 Å². The maximum atomic E-state index is 9.68. The summed E-state index contributed by atoms with van der Waals surface area (Å²) in [6.45, 7) is 2.94. The smallest absolute Gasteiger partial charge is 0.191 e. The number of nitrogens with zero attached hydrogens (tertiary/aromatic N) is 1. The van der Waals surface area contributed by atoms with Gasteiger partial charge in [-0.05, 0) is 30.0 Å². The summed E-state index contributed by atoms with van der Waals surface area (Å²) in [5.41, 5.74) is 3.91. The second-order valence-electron chi connectivity index (χ2n) is 6.69. The van der Waals surface area contributed by atoms with Gasteiger partial charge in [0.1, 0.15) is 0 Å². The van der Waals surface area contributed by atoms with Gasteiger partial charge >= 0.3 is 0 Å². The average molecular weight is 465 g/mol. The normalized spacial score (nSPS) is 20.0. The molecule has 3 atom stereocenters. The van der Waals surface area contributed by atoms with Gasteiger partial charge in [0.15, 0.2) is 5.96 Å². The molecule has 0 amide bonds. The second kappa shape index (κ2) is 9.92. The molecular weight excluding hydrogens is 437 g/mol. The molecule has 26 heavy (non-hydrogen) atoms. The third kappa shape index (κ3) is 5.20. The summed E-state index contributed by atoms with van der Waals surface area (Å²) in [7, 11) is 1.79. The predicted octanol–water partition coefficient (Wildman–Crippen LogP) is 3.41. The van der Waals surface area contributed by atoms with Crippen LogP contribution in [0.1, 0.15) is 34.9 Å². The minimum absolute atomic E-state index is 0. The van der Waals surface area contributed by atoms with Gasteiger partial charge in [-0.15, -0.1) is 24.0 Å². The van der Waals surface area contributed by atoms with Gasteiger partial charge in [0.2, 0.25) is 0 Å². The molecule has 5 heteroatoms. The van der Waals surface area contributed by atoms with Crippen LogP contribution in [0, 0.1) is 6.92 Å². The maximum Gasteiger partial charge on any atom is 0.191 e. The standard InChI is InChI=1S/C21H27N3O.HI/c1-15-8-6-7-11-18(15)19-12-20(19)24-21(22-2)23-13-17(14-25)16-9-4-3-5-10-16;/h3-11,17,19-20,25H,12-14H2,1-2H3,(H2,22,23,24);1H. The number of hydrogen-bond acceptors (Lipinski definition) is 2. The van der Waals surface area contributed by atoms with Crippen molar-refractivity contribution in [1.29, 1.82) is 0 Å². The highest BCUT2D eigenvalue weighted by Crippen LogP contribution is 2.42. The third-order valence-electron chi connectivity index (χ3n) is 4.93. The highest BCUT2D eigenvalue weighted by atomic mass is 127. The zero-order valence-corrected chi connectivity index (χ0v) is 17.7. The van der Waals surface area contributed by atoms with Crippen LogP contribution in [0.15, 0.2) is 59.6 Å². The minimum atomic E-state index is 0. The molecule has 3 unspecified atom stereocenters. The SMILES string of the molecule is CN=C(NCC(CO)c1ccccc1)NC1CC1c1ccccc1C.I. The second-order valence-corrected chi connectivity index (χ2v) is 6.69. The number of halogens is 1. The molecule has 1 fully saturated rings. The molecule has 0 bridgehead atoms. The Kier molecular flexibility index (Phi) is 7.90. The number of aliphatic hydroxyl groups excluding tert-OH is 1. The minimum Gasteiger partial charge on any atom is -0.396 e. The van der Waals surface area contributed by atoms with Crippen LogP contribution >= 0.6 is 24.0 Å². The van der Waals surface area contributed by atoms with Crippen LogP contribution in [0.5, 0.6) is 0 Å². The Morgan fingerprint density at radius 1 is 1.15 bits per heavy atom. The molecule has 0 heterocycles. The molecule has 2 aromatic rings. The van der Waals surface area contributed by atoms with Crippen molar-refractivity contribution < 1.29 is 5.11 Å². The van der Waals surface area contributed by atoms with Gasteiger partial charge in [0, 0.05) is 31.5 Å². The molecule has 140 valence electrons. The lowest BCUT2D eigenvalue weighted by molar-refractivity contribution is 0.265. The fraction of sp³-hybridized carbons (Fsp3) is 0.381. The van der Waals surface area contributed by atoms with E-state index in [1.807, 2.05) is 30.3 Å². The van der Waals surface area contributed by atoms with Crippen molar-refractivity contribution in [2.75, 3.05) is 20.2 Å². The number of hydrogen-bond donors (Lipinski definition) is 3. The molecule has 0 spiro atoms. The topological polar surface area (TPSA) is 56.7 Å². The Bertz CT molecular complexity index is 720. The summed E-state index contributed by atoms with van der Waals surface area (Å²) in [5.74, 6) is 1.42. The lowest BCUT2D eigenvalue weighted by Crippen LogP contribution is -2.41. The Labute approximate surface area is 173 Å². The molecule has 3 rings (SSSR count). The first-order valence-electron chi connectivity index (χ1n) is 8.91. The Morgan fingerprint density at radius 3 is 2.50 bits per heavy atom. The summed E-state index contributed by atoms with van der Waals surface area (Å²) in [5, 5.41) is 16.5. The lowest BCUT2D eigenvalue weighted by Gasteiger charge is -2.18. The molecule has 1 saturated carbocycles. The fourth-order valence-corrected chi connectivity index (χ4v) is 3.30. The zero-order chi connectivity index (χ0) is 17.6. The van der Waals surface area contributed by atoms with Gasteiger partial charge in [-0.3, -0.25) is 4.99 Å². The number of aliphatic hydroxyl groups is 1. The summed E-state index contributed by atoms with van der Waals surface area (Å²) >= 11 is 0. The number of rotatable bonds is 6. The van der Waals surface area contributed by atoms with Gasteiger partial charge in [-0.2, -0.15) is 0 Å². The van der Waals surface area contributed by atoms with Crippen LogP contribution in [0.25, 0.3) is 0 Å². The van der Waals surface area contributed by atoms with Crippen molar-refractivity contribution in [2.45, 2.75) is 31.2 Å². The summed E-state index contributed by atoms with van der Waals surface area (Å²) in [6, 6.07) is 19.1. The van der Waals surface area contributed by atoms with Gasteiger partial charge in [-0.25, -0.2) is 0 Å². The number of aliphatic imine (C=N–C) groups is 1. The Balaban J connectivity index is 0.00000243. The monoisotopic (exact) mass is 465 g/mol. The number of aryl methyl sites for hydroxylation is 1. The maximum absolute atomic E-state index is 9.68. The van der Waals surface area contributed by atoms with E-state index in [1.165, 1.54) is 11.1 Å². The van der Waals surface area contributed by atoms with Gasteiger partial charge in [0.25, 0.3) is 0 Å². The first kappa shape index (κ1) is 20.7. The highest BCUT2D eigenvalue weighted by molar-refractivity contribution is 14.0. The van der Waals surface area contributed by atoms with E-state index in [1.54, 1.807) is 7.05 Å². The van der Waals surface area contributed by atoms with Crippen molar-refractivity contribution in [3.8, 4) is 0 Å². The summed E-state index contributed by atoms with van der Waals surface area (Å²) < 4.78 is 0. The van der Waals surface area contributed by atoms with Crippen LogP contribution < -0.4 is 10.6 Å². The van der Waals surface area contributed by atoms with E-state index >= 15 is 0 Å². The predicted molar refractivity (Wildman–Crippen MR) is 119 cm³/mol. The molecule has 3 N–H and O–H groups in total. The van der Waals surface area contributed by atoms with Crippen LogP contribution in [0.4, 0.5) is 0 Å². The first-order valence-corrected chi connectivity index (χ1v) is 8.91. The highest BCUT2D eigenvalue weighted by Gasteiger charge is 2.39. The molecule has 0 aromatic heterocycles. The summed E-state index contributed by atoms with van der Waals surface area (Å²) in [6.07, 6.45) is 1.13. The molecule has 1 aliphatic rings. The average Bonchev–Trinajstić information content (AvgIpc) is 3.41. The quantitative estimate of drug-likeness (QED) is 0.348. The van der Waals surface area contributed by atoms with E-state index in [2.05, 4.69) is 46.8 Å². The number of nitrogens with one attached hydrogen (secondary N) is 2. The van der Waals surface area contributed by atoms with Crippen molar-refractivity contribution in [3.05, 3.63) is 71.3 Å². The Hall–Kier alpha value is -1.60.